The summed E-state index contributed by atoms with van der Waals surface area (Å²) in [6.07, 6.45) is 5.56. The standard InChI is InChI=1S/C13H13Cl2NO/c14-11-5-3-10(9-12(11)15)4-6-13(17)16-7-1-2-8-16/h3-6,9H,1-2,7-8H2. The predicted molar refractivity (Wildman–Crippen MR) is 71.3 cm³/mol. The van der Waals surface area contributed by atoms with Gasteiger partial charge in [-0.05, 0) is 36.6 Å². The van der Waals surface area contributed by atoms with Crippen LogP contribution in [0.1, 0.15) is 18.4 Å². The second kappa shape index (κ2) is 5.56. The summed E-state index contributed by atoms with van der Waals surface area (Å²) < 4.78 is 0. The molecule has 0 saturated carbocycles. The summed E-state index contributed by atoms with van der Waals surface area (Å²) in [5, 5.41) is 1.03. The first-order valence-electron chi connectivity index (χ1n) is 5.59. The molecule has 1 aromatic rings. The largest absolute Gasteiger partial charge is 0.339 e. The predicted octanol–water partition coefficient (Wildman–Crippen LogP) is 3.63. The molecule has 0 aliphatic carbocycles. The Morgan fingerprint density at radius 3 is 2.53 bits per heavy atom. The Kier molecular flexibility index (Phi) is 4.08. The Morgan fingerprint density at radius 1 is 1.18 bits per heavy atom. The number of benzene rings is 1. The Labute approximate surface area is 111 Å². The fourth-order valence-electron chi connectivity index (χ4n) is 1.83. The number of nitrogens with zero attached hydrogens (tertiary/aromatic N) is 1. The first-order valence-corrected chi connectivity index (χ1v) is 6.34. The average Bonchev–Trinajstić information content (AvgIpc) is 2.84. The lowest BCUT2D eigenvalue weighted by molar-refractivity contribution is -0.124. The molecule has 2 rings (SSSR count). The molecule has 1 heterocycles. The summed E-state index contributed by atoms with van der Waals surface area (Å²) in [5.74, 6) is 0.0635. The quantitative estimate of drug-likeness (QED) is 0.751. The van der Waals surface area contributed by atoms with Gasteiger partial charge in [-0.1, -0.05) is 29.3 Å². The van der Waals surface area contributed by atoms with Crippen LogP contribution >= 0.6 is 23.2 Å². The van der Waals surface area contributed by atoms with Crippen LogP contribution in [0.15, 0.2) is 24.3 Å². The number of halogens is 2. The molecule has 1 aliphatic heterocycles. The van der Waals surface area contributed by atoms with Crippen molar-refractivity contribution in [3.05, 3.63) is 39.9 Å². The van der Waals surface area contributed by atoms with Crippen molar-refractivity contribution in [2.75, 3.05) is 13.1 Å². The summed E-state index contributed by atoms with van der Waals surface area (Å²) in [6.45, 7) is 1.73. The van der Waals surface area contributed by atoms with E-state index in [9.17, 15) is 4.79 Å². The van der Waals surface area contributed by atoms with E-state index in [1.165, 1.54) is 0 Å². The smallest absolute Gasteiger partial charge is 0.246 e. The molecule has 1 aliphatic rings. The molecule has 0 radical (unpaired) electrons. The van der Waals surface area contributed by atoms with E-state index in [1.54, 1.807) is 24.3 Å². The van der Waals surface area contributed by atoms with Crippen LogP contribution in [0.5, 0.6) is 0 Å². The van der Waals surface area contributed by atoms with Crippen molar-refractivity contribution >= 4 is 35.2 Å². The molecule has 0 atom stereocenters. The van der Waals surface area contributed by atoms with Crippen molar-refractivity contribution < 1.29 is 4.79 Å². The Bertz CT molecular complexity index is 451. The highest BCUT2D eigenvalue weighted by molar-refractivity contribution is 6.42. The molecule has 1 amide bonds. The molecule has 0 spiro atoms. The van der Waals surface area contributed by atoms with Gasteiger partial charge in [-0.25, -0.2) is 0 Å². The highest BCUT2D eigenvalue weighted by Crippen LogP contribution is 2.23. The maximum Gasteiger partial charge on any atom is 0.246 e. The number of likely N-dealkylation sites (tertiary alicyclic amines) is 1. The lowest BCUT2D eigenvalue weighted by atomic mass is 10.2. The SMILES string of the molecule is O=C(C=Cc1ccc(Cl)c(Cl)c1)N1CCCC1. The lowest BCUT2D eigenvalue weighted by Crippen LogP contribution is -2.25. The van der Waals surface area contributed by atoms with E-state index in [4.69, 9.17) is 23.2 Å². The topological polar surface area (TPSA) is 20.3 Å². The van der Waals surface area contributed by atoms with Gasteiger partial charge >= 0.3 is 0 Å². The van der Waals surface area contributed by atoms with Crippen LogP contribution in [0.4, 0.5) is 0 Å². The van der Waals surface area contributed by atoms with Gasteiger partial charge in [-0.15, -0.1) is 0 Å². The van der Waals surface area contributed by atoms with Gasteiger partial charge in [-0.3, -0.25) is 4.79 Å². The van der Waals surface area contributed by atoms with Gasteiger partial charge in [0.15, 0.2) is 0 Å². The molecule has 0 bridgehead atoms. The molecule has 1 saturated heterocycles. The fraction of sp³-hybridized carbons (Fsp3) is 0.308. The van der Waals surface area contributed by atoms with E-state index in [1.807, 2.05) is 11.0 Å². The van der Waals surface area contributed by atoms with Gasteiger partial charge in [0.05, 0.1) is 10.0 Å². The van der Waals surface area contributed by atoms with Crippen LogP contribution < -0.4 is 0 Å². The number of hydrogen-bond acceptors (Lipinski definition) is 1. The number of carbonyl (C=O) groups excluding carboxylic acids is 1. The minimum atomic E-state index is 0.0635. The highest BCUT2D eigenvalue weighted by atomic mass is 35.5. The van der Waals surface area contributed by atoms with Crippen molar-refractivity contribution in [3.8, 4) is 0 Å². The van der Waals surface area contributed by atoms with Crippen LogP contribution in [0.25, 0.3) is 6.08 Å². The summed E-state index contributed by atoms with van der Waals surface area (Å²) in [7, 11) is 0. The second-order valence-corrected chi connectivity index (χ2v) is 4.85. The lowest BCUT2D eigenvalue weighted by Gasteiger charge is -2.11. The van der Waals surface area contributed by atoms with E-state index in [2.05, 4.69) is 0 Å². The maximum atomic E-state index is 11.8. The zero-order valence-corrected chi connectivity index (χ0v) is 10.8. The van der Waals surface area contributed by atoms with E-state index in [-0.39, 0.29) is 5.91 Å². The Hall–Kier alpha value is -0.990. The van der Waals surface area contributed by atoms with Crippen molar-refractivity contribution in [3.63, 3.8) is 0 Å². The molecule has 90 valence electrons. The zero-order chi connectivity index (χ0) is 12.3. The number of carbonyl (C=O) groups is 1. The van der Waals surface area contributed by atoms with Gasteiger partial charge in [0.25, 0.3) is 0 Å². The van der Waals surface area contributed by atoms with Crippen LogP contribution in [0, 0.1) is 0 Å². The maximum absolute atomic E-state index is 11.8. The van der Waals surface area contributed by atoms with Crippen molar-refractivity contribution in [2.45, 2.75) is 12.8 Å². The monoisotopic (exact) mass is 269 g/mol. The highest BCUT2D eigenvalue weighted by Gasteiger charge is 2.14. The van der Waals surface area contributed by atoms with Gasteiger partial charge in [0.1, 0.15) is 0 Å². The van der Waals surface area contributed by atoms with E-state index in [0.717, 1.165) is 31.5 Å². The molecule has 0 unspecified atom stereocenters. The summed E-state index contributed by atoms with van der Waals surface area (Å²) in [4.78, 5) is 13.6. The van der Waals surface area contributed by atoms with E-state index in [0.29, 0.717) is 10.0 Å². The van der Waals surface area contributed by atoms with Crippen molar-refractivity contribution in [1.82, 2.24) is 4.90 Å². The molecule has 1 fully saturated rings. The number of rotatable bonds is 2. The third kappa shape index (κ3) is 3.24. The molecular weight excluding hydrogens is 257 g/mol. The zero-order valence-electron chi connectivity index (χ0n) is 9.33. The minimum Gasteiger partial charge on any atom is -0.339 e. The van der Waals surface area contributed by atoms with Gasteiger partial charge < -0.3 is 4.90 Å². The number of amides is 1. The molecule has 17 heavy (non-hydrogen) atoms. The summed E-state index contributed by atoms with van der Waals surface area (Å²) >= 11 is 11.7. The molecule has 1 aromatic carbocycles. The van der Waals surface area contributed by atoms with Gasteiger partial charge in [0.2, 0.25) is 5.91 Å². The first kappa shape index (κ1) is 12.5. The summed E-state index contributed by atoms with van der Waals surface area (Å²) in [5.41, 5.74) is 0.881. The molecule has 0 N–H and O–H groups in total. The van der Waals surface area contributed by atoms with Crippen LogP contribution in [-0.2, 0) is 4.79 Å². The molecule has 4 heteroatoms. The van der Waals surface area contributed by atoms with Crippen LogP contribution in [0.3, 0.4) is 0 Å². The molecule has 0 aromatic heterocycles. The summed E-state index contributed by atoms with van der Waals surface area (Å²) in [6, 6.07) is 5.31. The average molecular weight is 270 g/mol. The fourth-order valence-corrected chi connectivity index (χ4v) is 2.13. The molecular formula is C13H13Cl2NO. The third-order valence-electron chi connectivity index (χ3n) is 2.78. The number of hydrogen-bond donors (Lipinski definition) is 0. The van der Waals surface area contributed by atoms with Crippen LogP contribution in [-0.4, -0.2) is 23.9 Å². The van der Waals surface area contributed by atoms with Crippen LogP contribution in [0.2, 0.25) is 10.0 Å². The minimum absolute atomic E-state index is 0.0635. The first-order chi connectivity index (χ1) is 8.16. The Balaban J connectivity index is 2.04. The normalized spacial score (nSPS) is 15.8. The van der Waals surface area contributed by atoms with E-state index < -0.39 is 0 Å². The second-order valence-electron chi connectivity index (χ2n) is 4.04. The van der Waals surface area contributed by atoms with Gasteiger partial charge in [-0.2, -0.15) is 0 Å². The molecule has 2 nitrogen and oxygen atoms in total. The third-order valence-corrected chi connectivity index (χ3v) is 3.52. The van der Waals surface area contributed by atoms with Gasteiger partial charge in [0, 0.05) is 19.2 Å². The van der Waals surface area contributed by atoms with Crippen molar-refractivity contribution in [2.24, 2.45) is 0 Å². The van der Waals surface area contributed by atoms with Crippen molar-refractivity contribution in [1.29, 1.82) is 0 Å². The Morgan fingerprint density at radius 2 is 1.88 bits per heavy atom. The van der Waals surface area contributed by atoms with E-state index >= 15 is 0 Å².